The molecular formula is C17H21N3O2. The summed E-state index contributed by atoms with van der Waals surface area (Å²) in [5.74, 6) is 1.10. The molecule has 2 rings (SSSR count). The maximum Gasteiger partial charge on any atom is 0.252 e. The van der Waals surface area contributed by atoms with Crippen molar-refractivity contribution in [1.82, 2.24) is 10.3 Å². The number of methoxy groups -OCH3 is 1. The summed E-state index contributed by atoms with van der Waals surface area (Å²) in [6.45, 7) is 4.76. The number of anilines is 2. The lowest BCUT2D eigenvalue weighted by Gasteiger charge is -2.10. The Kier molecular flexibility index (Phi) is 5.36. The fourth-order valence-corrected chi connectivity index (χ4v) is 1.87. The van der Waals surface area contributed by atoms with E-state index < -0.39 is 0 Å². The molecule has 0 saturated carbocycles. The van der Waals surface area contributed by atoms with E-state index in [1.807, 2.05) is 24.3 Å². The van der Waals surface area contributed by atoms with Gasteiger partial charge in [-0.3, -0.25) is 9.78 Å². The Balaban J connectivity index is 2.05. The third kappa shape index (κ3) is 4.48. The van der Waals surface area contributed by atoms with Gasteiger partial charge in [0, 0.05) is 18.4 Å². The van der Waals surface area contributed by atoms with Crippen LogP contribution in [0.1, 0.15) is 24.2 Å². The number of hydrogen-bond acceptors (Lipinski definition) is 4. The molecule has 5 nitrogen and oxygen atoms in total. The largest absolute Gasteiger partial charge is 0.497 e. The van der Waals surface area contributed by atoms with Crippen molar-refractivity contribution in [3.63, 3.8) is 0 Å². The van der Waals surface area contributed by atoms with E-state index in [-0.39, 0.29) is 5.91 Å². The minimum absolute atomic E-state index is 0.111. The van der Waals surface area contributed by atoms with Gasteiger partial charge in [0.15, 0.2) is 0 Å². The number of nitrogens with zero attached hydrogens (tertiary/aromatic N) is 1. The van der Waals surface area contributed by atoms with Gasteiger partial charge in [-0.2, -0.15) is 0 Å². The van der Waals surface area contributed by atoms with E-state index in [1.54, 1.807) is 25.6 Å². The van der Waals surface area contributed by atoms with Crippen LogP contribution in [0.3, 0.4) is 0 Å². The number of amides is 1. The summed E-state index contributed by atoms with van der Waals surface area (Å²) < 4.78 is 5.12. The highest BCUT2D eigenvalue weighted by molar-refractivity contribution is 5.94. The first-order valence-electron chi connectivity index (χ1n) is 7.23. The molecule has 2 aromatic rings. The van der Waals surface area contributed by atoms with Gasteiger partial charge in [0.05, 0.1) is 24.6 Å². The summed E-state index contributed by atoms with van der Waals surface area (Å²) in [6, 6.07) is 9.34. The third-order valence-electron chi connectivity index (χ3n) is 3.05. The van der Waals surface area contributed by atoms with Crippen LogP contribution in [0.2, 0.25) is 0 Å². The molecule has 0 unspecified atom stereocenters. The van der Waals surface area contributed by atoms with E-state index in [0.29, 0.717) is 18.0 Å². The van der Waals surface area contributed by atoms with Crippen LogP contribution in [0.5, 0.6) is 5.75 Å². The predicted octanol–water partition coefficient (Wildman–Crippen LogP) is 3.22. The van der Waals surface area contributed by atoms with Gasteiger partial charge in [-0.05, 0) is 36.2 Å². The number of rotatable bonds is 6. The fourth-order valence-electron chi connectivity index (χ4n) is 1.87. The van der Waals surface area contributed by atoms with Gasteiger partial charge < -0.3 is 15.4 Å². The minimum Gasteiger partial charge on any atom is -0.497 e. The maximum absolute atomic E-state index is 12.0. The zero-order valence-corrected chi connectivity index (χ0v) is 13.1. The molecule has 0 spiro atoms. The van der Waals surface area contributed by atoms with Crippen molar-refractivity contribution in [3.05, 3.63) is 48.3 Å². The number of carbonyl (C=O) groups excluding carboxylic acids is 1. The highest BCUT2D eigenvalue weighted by atomic mass is 16.5. The smallest absolute Gasteiger partial charge is 0.252 e. The van der Waals surface area contributed by atoms with E-state index in [0.717, 1.165) is 17.1 Å². The van der Waals surface area contributed by atoms with Crippen molar-refractivity contribution in [2.45, 2.75) is 13.8 Å². The van der Waals surface area contributed by atoms with Crippen LogP contribution < -0.4 is 15.4 Å². The van der Waals surface area contributed by atoms with Gasteiger partial charge in [0.1, 0.15) is 5.75 Å². The second-order valence-electron chi connectivity index (χ2n) is 5.42. The van der Waals surface area contributed by atoms with Crippen molar-refractivity contribution in [3.8, 4) is 5.75 Å². The number of benzene rings is 1. The lowest BCUT2D eigenvalue weighted by Crippen LogP contribution is -2.27. The first-order chi connectivity index (χ1) is 10.6. The Morgan fingerprint density at radius 3 is 2.55 bits per heavy atom. The van der Waals surface area contributed by atoms with Gasteiger partial charge in [-0.15, -0.1) is 0 Å². The molecule has 1 aromatic carbocycles. The fraction of sp³-hybridized carbons (Fsp3) is 0.294. The number of pyridine rings is 1. The van der Waals surface area contributed by atoms with Crippen molar-refractivity contribution in [2.75, 3.05) is 19.0 Å². The van der Waals surface area contributed by atoms with E-state index >= 15 is 0 Å². The van der Waals surface area contributed by atoms with Crippen LogP contribution in [-0.4, -0.2) is 24.5 Å². The van der Waals surface area contributed by atoms with Crippen LogP contribution in [0.4, 0.5) is 11.4 Å². The summed E-state index contributed by atoms with van der Waals surface area (Å²) in [5, 5.41) is 6.10. The van der Waals surface area contributed by atoms with Crippen molar-refractivity contribution in [1.29, 1.82) is 0 Å². The average Bonchev–Trinajstić information content (AvgIpc) is 2.53. The topological polar surface area (TPSA) is 63.2 Å². The molecule has 116 valence electrons. The molecule has 0 aliphatic heterocycles. The van der Waals surface area contributed by atoms with Gasteiger partial charge in [-0.25, -0.2) is 0 Å². The SMILES string of the molecule is COc1ccc(Nc2cncc(C(=O)NCC(C)C)c2)cc1. The Labute approximate surface area is 130 Å². The molecule has 5 heteroatoms. The molecular weight excluding hydrogens is 278 g/mol. The summed E-state index contributed by atoms with van der Waals surface area (Å²) in [5.41, 5.74) is 2.21. The number of hydrogen-bond donors (Lipinski definition) is 2. The molecule has 0 aliphatic rings. The molecule has 1 heterocycles. The highest BCUT2D eigenvalue weighted by Crippen LogP contribution is 2.20. The molecule has 0 fully saturated rings. The van der Waals surface area contributed by atoms with Gasteiger partial charge >= 0.3 is 0 Å². The Hall–Kier alpha value is -2.56. The summed E-state index contributed by atoms with van der Waals surface area (Å²) >= 11 is 0. The van der Waals surface area contributed by atoms with E-state index in [9.17, 15) is 4.79 Å². The van der Waals surface area contributed by atoms with Crippen LogP contribution >= 0.6 is 0 Å². The second kappa shape index (κ2) is 7.45. The first-order valence-corrected chi connectivity index (χ1v) is 7.23. The van der Waals surface area contributed by atoms with E-state index in [2.05, 4.69) is 29.5 Å². The number of nitrogens with one attached hydrogen (secondary N) is 2. The highest BCUT2D eigenvalue weighted by Gasteiger charge is 2.07. The number of aromatic nitrogens is 1. The molecule has 0 radical (unpaired) electrons. The monoisotopic (exact) mass is 299 g/mol. The number of ether oxygens (including phenoxy) is 1. The quantitative estimate of drug-likeness (QED) is 0.859. The van der Waals surface area contributed by atoms with Gasteiger partial charge in [0.2, 0.25) is 0 Å². The molecule has 22 heavy (non-hydrogen) atoms. The molecule has 1 aromatic heterocycles. The average molecular weight is 299 g/mol. The van der Waals surface area contributed by atoms with Crippen LogP contribution in [0, 0.1) is 5.92 Å². The molecule has 1 amide bonds. The molecule has 0 bridgehead atoms. The zero-order chi connectivity index (χ0) is 15.9. The first kappa shape index (κ1) is 15.8. The normalized spacial score (nSPS) is 10.4. The van der Waals surface area contributed by atoms with Crippen molar-refractivity contribution < 1.29 is 9.53 Å². The maximum atomic E-state index is 12.0. The van der Waals surface area contributed by atoms with E-state index in [4.69, 9.17) is 4.74 Å². The van der Waals surface area contributed by atoms with Crippen LogP contribution in [-0.2, 0) is 0 Å². The minimum atomic E-state index is -0.111. The molecule has 2 N–H and O–H groups in total. The lowest BCUT2D eigenvalue weighted by molar-refractivity contribution is 0.0948. The summed E-state index contributed by atoms with van der Waals surface area (Å²) in [7, 11) is 1.63. The van der Waals surface area contributed by atoms with Gasteiger partial charge in [0.25, 0.3) is 5.91 Å². The Bertz CT molecular complexity index is 624. The Morgan fingerprint density at radius 1 is 1.18 bits per heavy atom. The summed E-state index contributed by atoms with van der Waals surface area (Å²) in [4.78, 5) is 16.2. The van der Waals surface area contributed by atoms with Crippen LogP contribution in [0.25, 0.3) is 0 Å². The lowest BCUT2D eigenvalue weighted by atomic mass is 10.2. The van der Waals surface area contributed by atoms with Gasteiger partial charge in [-0.1, -0.05) is 13.8 Å². The molecule has 0 saturated heterocycles. The van der Waals surface area contributed by atoms with Crippen molar-refractivity contribution in [2.24, 2.45) is 5.92 Å². The standard InChI is InChI=1S/C17H21N3O2/c1-12(2)9-19-17(21)13-8-15(11-18-10-13)20-14-4-6-16(22-3)7-5-14/h4-8,10-12,20H,9H2,1-3H3,(H,19,21). The predicted molar refractivity (Wildman–Crippen MR) is 87.7 cm³/mol. The zero-order valence-electron chi connectivity index (χ0n) is 13.1. The van der Waals surface area contributed by atoms with E-state index in [1.165, 1.54) is 0 Å². The number of carbonyl (C=O) groups is 1. The van der Waals surface area contributed by atoms with Crippen molar-refractivity contribution >= 4 is 17.3 Å². The van der Waals surface area contributed by atoms with Crippen LogP contribution in [0.15, 0.2) is 42.7 Å². The Morgan fingerprint density at radius 2 is 1.91 bits per heavy atom. The summed E-state index contributed by atoms with van der Waals surface area (Å²) in [6.07, 6.45) is 3.25. The molecule has 0 atom stereocenters. The molecule has 0 aliphatic carbocycles. The third-order valence-corrected chi connectivity index (χ3v) is 3.05. The second-order valence-corrected chi connectivity index (χ2v) is 5.42.